The fourth-order valence-electron chi connectivity index (χ4n) is 7.19. The number of halogens is 1. The molecule has 1 unspecified atom stereocenters. The molecule has 2 aliphatic rings. The van der Waals surface area contributed by atoms with E-state index < -0.39 is 0 Å². The molecule has 0 saturated carbocycles. The molecule has 1 atom stereocenters. The fourth-order valence-corrected chi connectivity index (χ4v) is 7.19. The Morgan fingerprint density at radius 3 is 2.28 bits per heavy atom. The highest BCUT2D eigenvalue weighted by molar-refractivity contribution is 5.83. The first kappa shape index (κ1) is 32.4. The van der Waals surface area contributed by atoms with E-state index in [9.17, 15) is 9.18 Å². The third-order valence-corrected chi connectivity index (χ3v) is 9.78. The molecule has 0 N–H and O–H groups in total. The molecule has 3 heterocycles. The lowest BCUT2D eigenvalue weighted by Crippen LogP contribution is -2.38. The first-order valence-corrected chi connectivity index (χ1v) is 17.5. The number of rotatable bonds is 14. The number of hydrogen-bond donors (Lipinski definition) is 0. The van der Waals surface area contributed by atoms with Gasteiger partial charge >= 0.3 is 0 Å². The lowest BCUT2D eigenvalue weighted by atomic mass is 10.0. The van der Waals surface area contributed by atoms with Crippen molar-refractivity contribution >= 4 is 10.8 Å². The predicted molar refractivity (Wildman–Crippen MR) is 184 cm³/mol. The van der Waals surface area contributed by atoms with Crippen molar-refractivity contribution < 1.29 is 9.13 Å². The van der Waals surface area contributed by atoms with Gasteiger partial charge in [-0.15, -0.1) is 0 Å². The van der Waals surface area contributed by atoms with Gasteiger partial charge < -0.3 is 9.64 Å². The minimum absolute atomic E-state index is 0.0323. The molecule has 7 heteroatoms. The van der Waals surface area contributed by atoms with Crippen molar-refractivity contribution in [2.45, 2.75) is 83.2 Å². The van der Waals surface area contributed by atoms with E-state index in [0.717, 1.165) is 87.2 Å². The molecule has 0 aliphatic carbocycles. The van der Waals surface area contributed by atoms with Crippen LogP contribution >= 0.6 is 0 Å². The van der Waals surface area contributed by atoms with Crippen molar-refractivity contribution in [3.63, 3.8) is 0 Å². The van der Waals surface area contributed by atoms with Crippen LogP contribution in [0.1, 0.15) is 74.6 Å². The van der Waals surface area contributed by atoms with Crippen LogP contribution in [0, 0.1) is 5.82 Å². The van der Waals surface area contributed by atoms with E-state index in [1.807, 2.05) is 24.3 Å². The Morgan fingerprint density at radius 1 is 0.761 bits per heavy atom. The minimum Gasteiger partial charge on any atom is -0.494 e. The number of unbranched alkanes of at least 4 members (excludes halogenated alkanes) is 1. The van der Waals surface area contributed by atoms with Gasteiger partial charge in [0, 0.05) is 24.4 Å². The van der Waals surface area contributed by atoms with Gasteiger partial charge in [-0.25, -0.2) is 9.07 Å². The Kier molecular flexibility index (Phi) is 11.5. The third-order valence-electron chi connectivity index (χ3n) is 9.78. The number of nitrogens with zero attached hydrogens (tertiary/aromatic N) is 4. The van der Waals surface area contributed by atoms with Crippen molar-refractivity contribution in [3.05, 3.63) is 106 Å². The molecular weight excluding hydrogens is 575 g/mol. The first-order valence-electron chi connectivity index (χ1n) is 17.5. The molecule has 0 amide bonds. The fraction of sp³-hybridized carbons (Fsp3) is 0.487. The van der Waals surface area contributed by atoms with Gasteiger partial charge in [-0.1, -0.05) is 55.3 Å². The van der Waals surface area contributed by atoms with Crippen LogP contribution in [-0.4, -0.2) is 65.0 Å². The van der Waals surface area contributed by atoms with Gasteiger partial charge in [0.25, 0.3) is 5.56 Å². The molecular formula is C39H49FN4O2. The maximum atomic E-state index is 13.5. The van der Waals surface area contributed by atoms with Crippen molar-refractivity contribution in [2.24, 2.45) is 0 Å². The molecule has 2 fully saturated rings. The summed E-state index contributed by atoms with van der Waals surface area (Å²) in [6.07, 6.45) is 12.6. The molecule has 0 spiro atoms. The Morgan fingerprint density at radius 2 is 1.50 bits per heavy atom. The van der Waals surface area contributed by atoms with Crippen molar-refractivity contribution in [1.82, 2.24) is 19.6 Å². The maximum absolute atomic E-state index is 13.5. The lowest BCUT2D eigenvalue weighted by Gasteiger charge is -2.25. The summed E-state index contributed by atoms with van der Waals surface area (Å²) in [7, 11) is 0. The molecule has 6 nitrogen and oxygen atoms in total. The van der Waals surface area contributed by atoms with E-state index in [-0.39, 0.29) is 11.4 Å². The summed E-state index contributed by atoms with van der Waals surface area (Å²) in [5, 5.41) is 6.45. The zero-order valence-electron chi connectivity index (χ0n) is 27.2. The summed E-state index contributed by atoms with van der Waals surface area (Å²) in [6, 6.07) is 23.2. The molecule has 0 bridgehead atoms. The van der Waals surface area contributed by atoms with E-state index in [1.54, 1.807) is 16.8 Å². The van der Waals surface area contributed by atoms with E-state index in [1.165, 1.54) is 56.5 Å². The Labute approximate surface area is 273 Å². The lowest BCUT2D eigenvalue weighted by molar-refractivity contribution is 0.221. The number of hydrogen-bond acceptors (Lipinski definition) is 5. The molecule has 2 aliphatic heterocycles. The van der Waals surface area contributed by atoms with Crippen LogP contribution in [0.25, 0.3) is 10.8 Å². The average molecular weight is 625 g/mol. The second kappa shape index (κ2) is 16.3. The number of ether oxygens (including phenoxy) is 1. The molecule has 46 heavy (non-hydrogen) atoms. The Bertz CT molecular complexity index is 1580. The summed E-state index contributed by atoms with van der Waals surface area (Å²) in [6.45, 7) is 7.12. The van der Waals surface area contributed by atoms with Gasteiger partial charge in [0.15, 0.2) is 0 Å². The third kappa shape index (κ3) is 8.83. The quantitative estimate of drug-likeness (QED) is 0.138. The summed E-state index contributed by atoms with van der Waals surface area (Å²) in [4.78, 5) is 18.6. The molecule has 6 rings (SSSR count). The number of likely N-dealkylation sites (tertiary alicyclic amines) is 2. The van der Waals surface area contributed by atoms with Gasteiger partial charge in [-0.3, -0.25) is 9.69 Å². The molecule has 244 valence electrons. The van der Waals surface area contributed by atoms with E-state index in [0.29, 0.717) is 24.4 Å². The second-order valence-electron chi connectivity index (χ2n) is 13.2. The van der Waals surface area contributed by atoms with Crippen LogP contribution in [-0.2, 0) is 19.4 Å². The zero-order chi connectivity index (χ0) is 31.6. The van der Waals surface area contributed by atoms with Crippen LogP contribution in [0.4, 0.5) is 4.39 Å². The highest BCUT2D eigenvalue weighted by Gasteiger charge is 2.25. The van der Waals surface area contributed by atoms with Crippen molar-refractivity contribution in [2.75, 3.05) is 39.3 Å². The zero-order valence-corrected chi connectivity index (χ0v) is 27.2. The summed E-state index contributed by atoms with van der Waals surface area (Å²) in [5.74, 6) is 0.720. The first-order chi connectivity index (χ1) is 22.6. The van der Waals surface area contributed by atoms with E-state index in [4.69, 9.17) is 9.84 Å². The van der Waals surface area contributed by atoms with Crippen molar-refractivity contribution in [1.29, 1.82) is 0 Å². The molecule has 2 saturated heterocycles. The van der Waals surface area contributed by atoms with Crippen LogP contribution in [0.2, 0.25) is 0 Å². The average Bonchev–Trinajstić information content (AvgIpc) is 3.35. The smallest absolute Gasteiger partial charge is 0.274 e. The van der Waals surface area contributed by atoms with Gasteiger partial charge in [0.2, 0.25) is 0 Å². The van der Waals surface area contributed by atoms with E-state index in [2.05, 4.69) is 34.1 Å². The SMILES string of the molecule is O=c1c2ccccc2c(Cc2ccc(F)cc2)nn1CC1CCCN1CCCCc1ccc(OCCCN2CCCCCC2)cc1. The molecule has 3 aromatic carbocycles. The van der Waals surface area contributed by atoms with Crippen LogP contribution in [0.3, 0.4) is 0 Å². The summed E-state index contributed by atoms with van der Waals surface area (Å²) in [5.41, 5.74) is 3.16. The Hall–Kier alpha value is -3.55. The monoisotopic (exact) mass is 624 g/mol. The van der Waals surface area contributed by atoms with E-state index >= 15 is 0 Å². The second-order valence-corrected chi connectivity index (χ2v) is 13.2. The molecule has 0 radical (unpaired) electrons. The normalized spacial score (nSPS) is 17.8. The summed E-state index contributed by atoms with van der Waals surface area (Å²) < 4.78 is 21.2. The van der Waals surface area contributed by atoms with Gasteiger partial charge in [0.1, 0.15) is 11.6 Å². The molecule has 1 aromatic heterocycles. The Balaban J connectivity index is 0.974. The minimum atomic E-state index is -0.250. The van der Waals surface area contributed by atoms with Gasteiger partial charge in [-0.05, 0) is 119 Å². The number of benzene rings is 3. The largest absolute Gasteiger partial charge is 0.494 e. The van der Waals surface area contributed by atoms with Crippen LogP contribution < -0.4 is 10.3 Å². The number of aryl methyl sites for hydroxylation is 1. The predicted octanol–water partition coefficient (Wildman–Crippen LogP) is 7.26. The standard InChI is InChI=1S/C39H49FN4O2/c40-33-19-15-32(16-20-33)29-38-36-13-3-4-14-37(36)39(45)44(41-38)30-34-12-9-27-43(34)26-8-5-11-31-17-21-35(22-18-31)46-28-10-25-42-23-6-1-2-7-24-42/h3-4,13-22,34H,1-2,5-12,23-30H2. The molecule has 4 aromatic rings. The van der Waals surface area contributed by atoms with Crippen LogP contribution in [0.5, 0.6) is 5.75 Å². The topological polar surface area (TPSA) is 50.6 Å². The summed E-state index contributed by atoms with van der Waals surface area (Å²) >= 11 is 0. The number of fused-ring (bicyclic) bond motifs is 1. The van der Waals surface area contributed by atoms with Crippen LogP contribution in [0.15, 0.2) is 77.6 Å². The van der Waals surface area contributed by atoms with Gasteiger partial charge in [-0.2, -0.15) is 5.10 Å². The highest BCUT2D eigenvalue weighted by Crippen LogP contribution is 2.22. The maximum Gasteiger partial charge on any atom is 0.274 e. The van der Waals surface area contributed by atoms with Crippen molar-refractivity contribution in [3.8, 4) is 5.75 Å². The highest BCUT2D eigenvalue weighted by atomic mass is 19.1. The number of aromatic nitrogens is 2. The van der Waals surface area contributed by atoms with Gasteiger partial charge in [0.05, 0.1) is 24.2 Å².